The molecule has 2 aromatic carbocycles. The molecule has 0 radical (unpaired) electrons. The van der Waals surface area contributed by atoms with Crippen LogP contribution in [0.2, 0.25) is 0 Å². The lowest BCUT2D eigenvalue weighted by atomic mass is 10.1. The molecule has 0 saturated heterocycles. The second-order valence-corrected chi connectivity index (χ2v) is 8.90. The Kier molecular flexibility index (Phi) is 6.01. The van der Waals surface area contributed by atoms with Crippen molar-refractivity contribution in [3.05, 3.63) is 83.8 Å². The Hall–Kier alpha value is -3.23. The maximum absolute atomic E-state index is 12.8. The molecule has 0 atom stereocenters. The number of methoxy groups -OCH3 is 1. The minimum atomic E-state index is -3.70. The van der Waals surface area contributed by atoms with Crippen molar-refractivity contribution in [2.45, 2.75) is 31.3 Å². The zero-order chi connectivity index (χ0) is 21.8. The zero-order valence-electron chi connectivity index (χ0n) is 17.4. The zero-order valence-corrected chi connectivity index (χ0v) is 18.3. The molecule has 2 aromatic heterocycles. The number of nitrogens with one attached hydrogen (secondary N) is 1. The van der Waals surface area contributed by atoms with E-state index in [1.165, 1.54) is 24.8 Å². The molecule has 2 heterocycles. The van der Waals surface area contributed by atoms with Gasteiger partial charge < -0.3 is 9.30 Å². The number of aromatic nitrogens is 3. The number of ether oxygens (including phenoxy) is 1. The molecule has 0 aliphatic carbocycles. The van der Waals surface area contributed by atoms with E-state index in [0.29, 0.717) is 18.1 Å². The summed E-state index contributed by atoms with van der Waals surface area (Å²) >= 11 is 0. The average molecular weight is 437 g/mol. The van der Waals surface area contributed by atoms with E-state index >= 15 is 0 Å². The highest BCUT2D eigenvalue weighted by Gasteiger charge is 2.18. The summed E-state index contributed by atoms with van der Waals surface area (Å²) in [5.41, 5.74) is 3.82. The summed E-state index contributed by atoms with van der Waals surface area (Å²) in [5.74, 6) is 1.20. The number of imidazole rings is 1. The standard InChI is InChI=1S/C23H24N4O3S/c1-3-17-6-8-18(9-7-17)16-27-22(26-21-5-4-14-24-23(21)27)15-25-31(28,29)20-12-10-19(30-2)11-13-20/h4-14,25H,3,15-16H2,1-2H3. The maximum Gasteiger partial charge on any atom is 0.240 e. The third-order valence-corrected chi connectivity index (χ3v) is 6.56. The number of pyridine rings is 1. The van der Waals surface area contributed by atoms with Crippen molar-refractivity contribution in [2.24, 2.45) is 0 Å². The Labute approximate surface area is 181 Å². The van der Waals surface area contributed by atoms with Gasteiger partial charge >= 0.3 is 0 Å². The molecular formula is C23H24N4O3S. The number of aryl methyl sites for hydroxylation is 1. The van der Waals surface area contributed by atoms with Gasteiger partial charge in [0.25, 0.3) is 0 Å². The van der Waals surface area contributed by atoms with Crippen LogP contribution in [0.25, 0.3) is 11.2 Å². The quantitative estimate of drug-likeness (QED) is 0.457. The molecule has 0 bridgehead atoms. The predicted octanol–water partition coefficient (Wildman–Crippen LogP) is 3.53. The summed E-state index contributed by atoms with van der Waals surface area (Å²) in [6.07, 6.45) is 2.69. The van der Waals surface area contributed by atoms with E-state index in [1.807, 2.05) is 16.7 Å². The maximum atomic E-state index is 12.8. The first kappa shape index (κ1) is 21.0. The van der Waals surface area contributed by atoms with Crippen molar-refractivity contribution in [1.29, 1.82) is 0 Å². The molecule has 0 aliphatic heterocycles. The van der Waals surface area contributed by atoms with Crippen LogP contribution >= 0.6 is 0 Å². The fourth-order valence-corrected chi connectivity index (χ4v) is 4.35. The number of sulfonamides is 1. The van der Waals surface area contributed by atoms with Crippen molar-refractivity contribution in [3.63, 3.8) is 0 Å². The van der Waals surface area contributed by atoms with E-state index in [9.17, 15) is 8.42 Å². The van der Waals surface area contributed by atoms with Crippen molar-refractivity contribution < 1.29 is 13.2 Å². The van der Waals surface area contributed by atoms with Gasteiger partial charge in [0.05, 0.1) is 25.1 Å². The van der Waals surface area contributed by atoms with Crippen LogP contribution < -0.4 is 9.46 Å². The molecule has 8 heteroatoms. The molecule has 4 aromatic rings. The van der Waals surface area contributed by atoms with Crippen molar-refractivity contribution in [3.8, 4) is 5.75 Å². The normalized spacial score (nSPS) is 11.7. The van der Waals surface area contributed by atoms with E-state index < -0.39 is 10.0 Å². The number of hydrogen-bond acceptors (Lipinski definition) is 5. The molecule has 0 spiro atoms. The summed E-state index contributed by atoms with van der Waals surface area (Å²) < 4.78 is 35.2. The van der Waals surface area contributed by atoms with Crippen molar-refractivity contribution in [2.75, 3.05) is 7.11 Å². The van der Waals surface area contributed by atoms with Crippen LogP contribution in [-0.4, -0.2) is 30.1 Å². The Morgan fingerprint density at radius 3 is 2.39 bits per heavy atom. The Morgan fingerprint density at radius 1 is 1.00 bits per heavy atom. The SMILES string of the molecule is CCc1ccc(Cn2c(CNS(=O)(=O)c3ccc(OC)cc3)nc3cccnc32)cc1. The largest absolute Gasteiger partial charge is 0.497 e. The minimum Gasteiger partial charge on any atom is -0.497 e. The summed E-state index contributed by atoms with van der Waals surface area (Å²) in [4.78, 5) is 9.25. The highest BCUT2D eigenvalue weighted by molar-refractivity contribution is 7.89. The molecular weight excluding hydrogens is 412 g/mol. The summed E-state index contributed by atoms with van der Waals surface area (Å²) in [6.45, 7) is 2.73. The molecule has 160 valence electrons. The fourth-order valence-electron chi connectivity index (χ4n) is 3.37. The van der Waals surface area contributed by atoms with Gasteiger partial charge in [-0.05, 0) is 53.9 Å². The smallest absolute Gasteiger partial charge is 0.240 e. The second-order valence-electron chi connectivity index (χ2n) is 7.13. The van der Waals surface area contributed by atoms with Gasteiger partial charge in [-0.3, -0.25) is 0 Å². The predicted molar refractivity (Wildman–Crippen MR) is 119 cm³/mol. The Balaban J connectivity index is 1.61. The lowest BCUT2D eigenvalue weighted by Gasteiger charge is -2.11. The summed E-state index contributed by atoms with van der Waals surface area (Å²) in [6, 6.07) is 18.3. The van der Waals surface area contributed by atoms with Crippen molar-refractivity contribution in [1.82, 2.24) is 19.3 Å². The number of nitrogens with zero attached hydrogens (tertiary/aromatic N) is 3. The molecule has 0 aliphatic rings. The first-order chi connectivity index (χ1) is 15.0. The highest BCUT2D eigenvalue weighted by Crippen LogP contribution is 2.19. The van der Waals surface area contributed by atoms with E-state index in [2.05, 4.69) is 45.9 Å². The van der Waals surface area contributed by atoms with Crippen LogP contribution in [0.1, 0.15) is 23.9 Å². The minimum absolute atomic E-state index is 0.0533. The van der Waals surface area contributed by atoms with Gasteiger partial charge in [-0.1, -0.05) is 31.2 Å². The monoisotopic (exact) mass is 436 g/mol. The van der Waals surface area contributed by atoms with Gasteiger partial charge in [-0.15, -0.1) is 0 Å². The first-order valence-electron chi connectivity index (χ1n) is 10.0. The molecule has 0 saturated carbocycles. The molecule has 0 fully saturated rings. The van der Waals surface area contributed by atoms with E-state index in [-0.39, 0.29) is 11.4 Å². The van der Waals surface area contributed by atoms with Crippen LogP contribution in [0.5, 0.6) is 5.75 Å². The fraction of sp³-hybridized carbons (Fsp3) is 0.217. The number of fused-ring (bicyclic) bond motifs is 1. The molecule has 7 nitrogen and oxygen atoms in total. The van der Waals surface area contributed by atoms with E-state index in [4.69, 9.17) is 4.74 Å². The molecule has 0 unspecified atom stereocenters. The lowest BCUT2D eigenvalue weighted by molar-refractivity contribution is 0.414. The van der Waals surface area contributed by atoms with Gasteiger partial charge in [-0.25, -0.2) is 23.1 Å². The van der Waals surface area contributed by atoms with Crippen LogP contribution in [0.3, 0.4) is 0 Å². The van der Waals surface area contributed by atoms with Crippen LogP contribution in [0, 0.1) is 0 Å². The van der Waals surface area contributed by atoms with Gasteiger partial charge in [0, 0.05) is 6.20 Å². The topological polar surface area (TPSA) is 86.1 Å². The van der Waals surface area contributed by atoms with Gasteiger partial charge in [0.15, 0.2) is 5.65 Å². The van der Waals surface area contributed by atoms with Crippen molar-refractivity contribution >= 4 is 21.2 Å². The average Bonchev–Trinajstić information content (AvgIpc) is 3.16. The number of benzene rings is 2. The first-order valence-corrected chi connectivity index (χ1v) is 11.5. The summed E-state index contributed by atoms with van der Waals surface area (Å²) in [5, 5.41) is 0. The molecule has 1 N–H and O–H groups in total. The van der Waals surface area contributed by atoms with Gasteiger partial charge in [0.2, 0.25) is 10.0 Å². The van der Waals surface area contributed by atoms with Crippen LogP contribution in [-0.2, 0) is 29.5 Å². The lowest BCUT2D eigenvalue weighted by Crippen LogP contribution is -2.25. The second kappa shape index (κ2) is 8.87. The summed E-state index contributed by atoms with van der Waals surface area (Å²) in [7, 11) is -2.16. The number of hydrogen-bond donors (Lipinski definition) is 1. The van der Waals surface area contributed by atoms with Crippen LogP contribution in [0.4, 0.5) is 0 Å². The van der Waals surface area contributed by atoms with E-state index in [1.54, 1.807) is 18.3 Å². The molecule has 0 amide bonds. The van der Waals surface area contributed by atoms with Crippen LogP contribution in [0.15, 0.2) is 71.8 Å². The van der Waals surface area contributed by atoms with E-state index in [0.717, 1.165) is 23.1 Å². The van der Waals surface area contributed by atoms with Gasteiger partial charge in [-0.2, -0.15) is 0 Å². The Morgan fingerprint density at radius 2 is 1.71 bits per heavy atom. The molecule has 31 heavy (non-hydrogen) atoms. The Bertz CT molecular complexity index is 1280. The van der Waals surface area contributed by atoms with Gasteiger partial charge in [0.1, 0.15) is 17.1 Å². The molecule has 4 rings (SSSR count). The number of rotatable bonds is 8. The third kappa shape index (κ3) is 4.60. The highest BCUT2D eigenvalue weighted by atomic mass is 32.2. The third-order valence-electron chi connectivity index (χ3n) is 5.14.